The Bertz CT molecular complexity index is 635. The van der Waals surface area contributed by atoms with E-state index >= 15 is 0 Å². The summed E-state index contributed by atoms with van der Waals surface area (Å²) >= 11 is 13.6. The highest BCUT2D eigenvalue weighted by Gasteiger charge is 2.24. The average Bonchev–Trinajstić information content (AvgIpc) is 2.99. The fraction of sp³-hybridized carbons (Fsp3) is 0.357. The van der Waals surface area contributed by atoms with Crippen molar-refractivity contribution in [3.8, 4) is 0 Å². The van der Waals surface area contributed by atoms with Crippen LogP contribution >= 0.6 is 34.5 Å². The van der Waals surface area contributed by atoms with Crippen LogP contribution in [0, 0.1) is 0 Å². The van der Waals surface area contributed by atoms with Crippen molar-refractivity contribution in [1.82, 2.24) is 4.98 Å². The minimum Gasteiger partial charge on any atom is -0.390 e. The molecule has 1 N–H and O–H groups in total. The van der Waals surface area contributed by atoms with E-state index in [4.69, 9.17) is 33.0 Å². The molecule has 112 valence electrons. The van der Waals surface area contributed by atoms with Gasteiger partial charge in [0.1, 0.15) is 6.10 Å². The quantitative estimate of drug-likeness (QED) is 0.925. The molecule has 3 rings (SSSR count). The van der Waals surface area contributed by atoms with Crippen LogP contribution in [-0.4, -0.2) is 29.8 Å². The molecular weight excluding hydrogens is 331 g/mol. The molecule has 2 aromatic rings. The molecule has 1 aliphatic heterocycles. The molecule has 0 bridgehead atoms. The van der Waals surface area contributed by atoms with E-state index < -0.39 is 0 Å². The SMILES string of the molecule is OCc1csc(N2CCOC(c3ccc(Cl)c(Cl)c3)C2)n1. The lowest BCUT2D eigenvalue weighted by atomic mass is 10.1. The third-order valence-corrected chi connectivity index (χ3v) is 5.04. The smallest absolute Gasteiger partial charge is 0.185 e. The summed E-state index contributed by atoms with van der Waals surface area (Å²) in [6.45, 7) is 2.09. The summed E-state index contributed by atoms with van der Waals surface area (Å²) in [6, 6.07) is 5.57. The van der Waals surface area contributed by atoms with Crippen molar-refractivity contribution in [2.45, 2.75) is 12.7 Å². The van der Waals surface area contributed by atoms with Crippen LogP contribution in [0.25, 0.3) is 0 Å². The molecule has 0 radical (unpaired) electrons. The molecule has 1 aromatic carbocycles. The van der Waals surface area contributed by atoms with E-state index in [1.165, 1.54) is 11.3 Å². The summed E-state index contributed by atoms with van der Waals surface area (Å²) in [5.74, 6) is 0. The Morgan fingerprint density at radius 1 is 1.38 bits per heavy atom. The first-order valence-corrected chi connectivity index (χ1v) is 8.17. The lowest BCUT2D eigenvalue weighted by Crippen LogP contribution is -2.38. The molecule has 1 unspecified atom stereocenters. The monoisotopic (exact) mass is 344 g/mol. The van der Waals surface area contributed by atoms with Crippen molar-refractivity contribution < 1.29 is 9.84 Å². The molecule has 2 heterocycles. The summed E-state index contributed by atoms with van der Waals surface area (Å²) in [7, 11) is 0. The highest BCUT2D eigenvalue weighted by Crippen LogP contribution is 2.31. The van der Waals surface area contributed by atoms with E-state index in [1.54, 1.807) is 6.07 Å². The Kier molecular flexibility index (Phi) is 4.66. The Labute approximate surface area is 136 Å². The predicted molar refractivity (Wildman–Crippen MR) is 85.4 cm³/mol. The first-order valence-electron chi connectivity index (χ1n) is 6.54. The Hall–Kier alpha value is -0.850. The number of aliphatic hydroxyl groups excluding tert-OH is 1. The Morgan fingerprint density at radius 2 is 2.24 bits per heavy atom. The van der Waals surface area contributed by atoms with Gasteiger partial charge in [-0.25, -0.2) is 4.98 Å². The van der Waals surface area contributed by atoms with E-state index in [0.29, 0.717) is 28.9 Å². The van der Waals surface area contributed by atoms with Crippen molar-refractivity contribution in [2.75, 3.05) is 24.6 Å². The number of nitrogens with zero attached hydrogens (tertiary/aromatic N) is 2. The summed E-state index contributed by atoms with van der Waals surface area (Å²) < 4.78 is 5.83. The van der Waals surface area contributed by atoms with Gasteiger partial charge >= 0.3 is 0 Å². The van der Waals surface area contributed by atoms with Gasteiger partial charge in [0.2, 0.25) is 0 Å². The van der Waals surface area contributed by atoms with Gasteiger partial charge in [0.05, 0.1) is 35.5 Å². The first kappa shape index (κ1) is 15.1. The number of benzene rings is 1. The van der Waals surface area contributed by atoms with Crippen LogP contribution in [0.4, 0.5) is 5.13 Å². The average molecular weight is 345 g/mol. The van der Waals surface area contributed by atoms with Crippen LogP contribution in [0.2, 0.25) is 10.0 Å². The molecule has 4 nitrogen and oxygen atoms in total. The van der Waals surface area contributed by atoms with E-state index in [2.05, 4.69) is 9.88 Å². The van der Waals surface area contributed by atoms with Crippen LogP contribution < -0.4 is 4.90 Å². The highest BCUT2D eigenvalue weighted by molar-refractivity contribution is 7.13. The number of rotatable bonds is 3. The maximum Gasteiger partial charge on any atom is 0.185 e. The van der Waals surface area contributed by atoms with Gasteiger partial charge in [0.25, 0.3) is 0 Å². The van der Waals surface area contributed by atoms with Gasteiger partial charge in [0.15, 0.2) is 5.13 Å². The van der Waals surface area contributed by atoms with Crippen LogP contribution in [0.15, 0.2) is 23.6 Å². The Balaban J connectivity index is 1.77. The van der Waals surface area contributed by atoms with Gasteiger partial charge in [-0.3, -0.25) is 0 Å². The van der Waals surface area contributed by atoms with Gasteiger partial charge in [0, 0.05) is 11.9 Å². The number of aliphatic hydroxyl groups is 1. The molecule has 21 heavy (non-hydrogen) atoms. The lowest BCUT2D eigenvalue weighted by molar-refractivity contribution is 0.0398. The minimum absolute atomic E-state index is 0.0307. The first-order chi connectivity index (χ1) is 10.2. The standard InChI is InChI=1S/C14H14Cl2N2O2S/c15-11-2-1-9(5-12(11)16)13-6-18(3-4-20-13)14-17-10(7-19)8-21-14/h1-2,5,8,13,19H,3-4,6-7H2. The van der Waals surface area contributed by atoms with Gasteiger partial charge in [-0.2, -0.15) is 0 Å². The normalized spacial score (nSPS) is 19.0. The summed E-state index contributed by atoms with van der Waals surface area (Å²) in [6.07, 6.45) is -0.0602. The summed E-state index contributed by atoms with van der Waals surface area (Å²) in [5, 5.41) is 13.0. The van der Waals surface area contributed by atoms with Crippen LogP contribution in [0.1, 0.15) is 17.4 Å². The minimum atomic E-state index is -0.0602. The maximum atomic E-state index is 9.11. The van der Waals surface area contributed by atoms with Crippen molar-refractivity contribution in [3.63, 3.8) is 0 Å². The maximum absolute atomic E-state index is 9.11. The topological polar surface area (TPSA) is 45.6 Å². The predicted octanol–water partition coefficient (Wildman–Crippen LogP) is 3.52. The molecule has 0 spiro atoms. The number of ether oxygens (including phenoxy) is 1. The zero-order valence-corrected chi connectivity index (χ0v) is 13.5. The van der Waals surface area contributed by atoms with Gasteiger partial charge in [-0.1, -0.05) is 29.3 Å². The van der Waals surface area contributed by atoms with Crippen molar-refractivity contribution in [1.29, 1.82) is 0 Å². The highest BCUT2D eigenvalue weighted by atomic mass is 35.5. The second-order valence-electron chi connectivity index (χ2n) is 4.76. The largest absolute Gasteiger partial charge is 0.390 e. The number of anilines is 1. The molecule has 0 aliphatic carbocycles. The van der Waals surface area contributed by atoms with Crippen molar-refractivity contribution in [2.24, 2.45) is 0 Å². The summed E-state index contributed by atoms with van der Waals surface area (Å²) in [4.78, 5) is 6.57. The fourth-order valence-electron chi connectivity index (χ4n) is 2.25. The number of aromatic nitrogens is 1. The van der Waals surface area contributed by atoms with E-state index in [9.17, 15) is 0 Å². The molecule has 1 atom stereocenters. The van der Waals surface area contributed by atoms with Crippen LogP contribution in [-0.2, 0) is 11.3 Å². The molecule has 1 saturated heterocycles. The molecular formula is C14H14Cl2N2O2S. The number of thiazole rings is 1. The summed E-state index contributed by atoms with van der Waals surface area (Å²) in [5.41, 5.74) is 1.71. The van der Waals surface area contributed by atoms with Crippen molar-refractivity contribution >= 4 is 39.7 Å². The van der Waals surface area contributed by atoms with Gasteiger partial charge in [-0.15, -0.1) is 11.3 Å². The molecule has 0 saturated carbocycles. The molecule has 1 fully saturated rings. The van der Waals surface area contributed by atoms with Crippen LogP contribution in [0.5, 0.6) is 0 Å². The lowest BCUT2D eigenvalue weighted by Gasteiger charge is -2.33. The zero-order valence-electron chi connectivity index (χ0n) is 11.1. The zero-order chi connectivity index (χ0) is 14.8. The number of hydrogen-bond donors (Lipinski definition) is 1. The molecule has 7 heteroatoms. The third kappa shape index (κ3) is 3.33. The van der Waals surface area contributed by atoms with Gasteiger partial charge in [-0.05, 0) is 17.7 Å². The van der Waals surface area contributed by atoms with E-state index in [-0.39, 0.29) is 12.7 Å². The van der Waals surface area contributed by atoms with E-state index in [0.717, 1.165) is 17.2 Å². The number of morpholine rings is 1. The number of hydrogen-bond acceptors (Lipinski definition) is 5. The third-order valence-electron chi connectivity index (χ3n) is 3.35. The van der Waals surface area contributed by atoms with Gasteiger partial charge < -0.3 is 14.7 Å². The number of halogens is 2. The molecule has 1 aromatic heterocycles. The van der Waals surface area contributed by atoms with E-state index in [1.807, 2.05) is 17.5 Å². The second kappa shape index (κ2) is 6.50. The second-order valence-corrected chi connectivity index (χ2v) is 6.41. The van der Waals surface area contributed by atoms with Crippen molar-refractivity contribution in [3.05, 3.63) is 44.9 Å². The fourth-order valence-corrected chi connectivity index (χ4v) is 3.41. The molecule has 0 amide bonds. The Morgan fingerprint density at radius 3 is 2.95 bits per heavy atom. The van der Waals surface area contributed by atoms with Crippen LogP contribution in [0.3, 0.4) is 0 Å². The molecule has 1 aliphatic rings.